The third kappa shape index (κ3) is 2.96. The van der Waals surface area contributed by atoms with Crippen molar-refractivity contribution in [2.24, 2.45) is 5.41 Å². The van der Waals surface area contributed by atoms with E-state index in [1.54, 1.807) is 0 Å². The van der Waals surface area contributed by atoms with Crippen LogP contribution >= 0.6 is 0 Å². The van der Waals surface area contributed by atoms with Crippen LogP contribution in [0.15, 0.2) is 12.2 Å². The molecule has 1 heterocycles. The molecule has 0 amide bonds. The zero-order valence-corrected chi connectivity index (χ0v) is 8.34. The smallest absolute Gasteiger partial charge is 0.128 e. The van der Waals surface area contributed by atoms with Crippen LogP contribution in [0, 0.1) is 5.41 Å². The van der Waals surface area contributed by atoms with E-state index in [2.05, 4.69) is 6.58 Å². The SMILES string of the molecule is C=C(C)CCC1(C=O)CCCOC1. The Morgan fingerprint density at radius 3 is 2.92 bits per heavy atom. The maximum absolute atomic E-state index is 11.0. The van der Waals surface area contributed by atoms with Gasteiger partial charge in [-0.1, -0.05) is 5.57 Å². The molecule has 1 aliphatic rings. The van der Waals surface area contributed by atoms with Gasteiger partial charge in [0.25, 0.3) is 0 Å². The van der Waals surface area contributed by atoms with E-state index in [1.807, 2.05) is 6.92 Å². The number of hydrogen-bond donors (Lipinski definition) is 0. The van der Waals surface area contributed by atoms with Crippen LogP contribution in [0.2, 0.25) is 0 Å². The molecule has 0 saturated carbocycles. The highest BCUT2D eigenvalue weighted by atomic mass is 16.5. The van der Waals surface area contributed by atoms with Gasteiger partial charge in [-0.25, -0.2) is 0 Å². The summed E-state index contributed by atoms with van der Waals surface area (Å²) in [6, 6.07) is 0. The molecule has 2 nitrogen and oxygen atoms in total. The van der Waals surface area contributed by atoms with E-state index >= 15 is 0 Å². The Labute approximate surface area is 80.0 Å². The van der Waals surface area contributed by atoms with Gasteiger partial charge in [0.15, 0.2) is 0 Å². The number of carbonyl (C=O) groups excluding carboxylic acids is 1. The minimum absolute atomic E-state index is 0.211. The van der Waals surface area contributed by atoms with Gasteiger partial charge in [0, 0.05) is 12.0 Å². The van der Waals surface area contributed by atoms with Crippen molar-refractivity contribution in [3.8, 4) is 0 Å². The molecule has 0 spiro atoms. The fourth-order valence-electron chi connectivity index (χ4n) is 1.69. The largest absolute Gasteiger partial charge is 0.380 e. The summed E-state index contributed by atoms with van der Waals surface area (Å²) in [6.45, 7) is 7.26. The van der Waals surface area contributed by atoms with Gasteiger partial charge >= 0.3 is 0 Å². The molecule has 1 atom stereocenters. The molecule has 0 aliphatic carbocycles. The molecule has 0 aromatic heterocycles. The summed E-state index contributed by atoms with van der Waals surface area (Å²) in [6.07, 6.45) is 4.89. The lowest BCUT2D eigenvalue weighted by atomic mass is 9.79. The Morgan fingerprint density at radius 2 is 2.46 bits per heavy atom. The molecular formula is C11H18O2. The molecule has 1 unspecified atom stereocenters. The van der Waals surface area contributed by atoms with Gasteiger partial charge in [0.2, 0.25) is 0 Å². The van der Waals surface area contributed by atoms with Crippen molar-refractivity contribution in [3.05, 3.63) is 12.2 Å². The molecular weight excluding hydrogens is 164 g/mol. The van der Waals surface area contributed by atoms with E-state index in [0.717, 1.165) is 44.1 Å². The Balaban J connectivity index is 2.47. The fraction of sp³-hybridized carbons (Fsp3) is 0.727. The van der Waals surface area contributed by atoms with Crippen LogP contribution in [0.3, 0.4) is 0 Å². The quantitative estimate of drug-likeness (QED) is 0.492. The third-order valence-corrected chi connectivity index (χ3v) is 2.65. The molecule has 0 radical (unpaired) electrons. The van der Waals surface area contributed by atoms with E-state index in [-0.39, 0.29) is 5.41 Å². The predicted octanol–water partition coefficient (Wildman–Crippen LogP) is 2.34. The maximum atomic E-state index is 11.0. The standard InChI is InChI=1S/C11H18O2/c1-10(2)4-6-11(8-12)5-3-7-13-9-11/h8H,1,3-7,9H2,2H3. The van der Waals surface area contributed by atoms with Crippen molar-refractivity contribution in [1.82, 2.24) is 0 Å². The highest BCUT2D eigenvalue weighted by molar-refractivity contribution is 5.59. The summed E-state index contributed by atoms with van der Waals surface area (Å²) in [5, 5.41) is 0. The molecule has 0 bridgehead atoms. The lowest BCUT2D eigenvalue weighted by Crippen LogP contribution is -2.33. The second-order valence-corrected chi connectivity index (χ2v) is 4.09. The van der Waals surface area contributed by atoms with E-state index < -0.39 is 0 Å². The normalized spacial score (nSPS) is 28.4. The molecule has 74 valence electrons. The summed E-state index contributed by atoms with van der Waals surface area (Å²) < 4.78 is 5.35. The number of rotatable bonds is 4. The van der Waals surface area contributed by atoms with Crippen LogP contribution in [0.25, 0.3) is 0 Å². The van der Waals surface area contributed by atoms with Crippen molar-refractivity contribution in [3.63, 3.8) is 0 Å². The number of hydrogen-bond acceptors (Lipinski definition) is 2. The van der Waals surface area contributed by atoms with E-state index in [4.69, 9.17) is 4.74 Å². The molecule has 2 heteroatoms. The summed E-state index contributed by atoms with van der Waals surface area (Å²) in [5.41, 5.74) is 0.934. The summed E-state index contributed by atoms with van der Waals surface area (Å²) >= 11 is 0. The molecule has 1 fully saturated rings. The monoisotopic (exact) mass is 182 g/mol. The number of allylic oxidation sites excluding steroid dienone is 1. The lowest BCUT2D eigenvalue weighted by molar-refractivity contribution is -0.124. The van der Waals surface area contributed by atoms with Crippen molar-refractivity contribution >= 4 is 6.29 Å². The topological polar surface area (TPSA) is 26.3 Å². The highest BCUT2D eigenvalue weighted by Crippen LogP contribution is 2.32. The molecule has 1 aliphatic heterocycles. The Kier molecular flexibility index (Phi) is 3.67. The van der Waals surface area contributed by atoms with E-state index in [0.29, 0.717) is 6.61 Å². The fourth-order valence-corrected chi connectivity index (χ4v) is 1.69. The van der Waals surface area contributed by atoms with Crippen LogP contribution in [-0.2, 0) is 9.53 Å². The van der Waals surface area contributed by atoms with E-state index in [1.165, 1.54) is 0 Å². The maximum Gasteiger partial charge on any atom is 0.128 e. The second kappa shape index (κ2) is 4.56. The van der Waals surface area contributed by atoms with Gasteiger partial charge < -0.3 is 9.53 Å². The van der Waals surface area contributed by atoms with Gasteiger partial charge in [-0.3, -0.25) is 0 Å². The molecule has 1 saturated heterocycles. The molecule has 1 rings (SSSR count). The average Bonchev–Trinajstić information content (AvgIpc) is 2.16. The zero-order chi connectivity index (χ0) is 9.73. The average molecular weight is 182 g/mol. The van der Waals surface area contributed by atoms with Crippen molar-refractivity contribution in [2.75, 3.05) is 13.2 Å². The van der Waals surface area contributed by atoms with Crippen LogP contribution in [0.4, 0.5) is 0 Å². The summed E-state index contributed by atoms with van der Waals surface area (Å²) in [7, 11) is 0. The van der Waals surface area contributed by atoms with Crippen LogP contribution < -0.4 is 0 Å². The molecule has 0 aromatic rings. The highest BCUT2D eigenvalue weighted by Gasteiger charge is 2.31. The van der Waals surface area contributed by atoms with Crippen LogP contribution in [0.5, 0.6) is 0 Å². The minimum atomic E-state index is -0.211. The van der Waals surface area contributed by atoms with Crippen molar-refractivity contribution in [2.45, 2.75) is 32.6 Å². The number of aldehydes is 1. The predicted molar refractivity (Wildman–Crippen MR) is 52.6 cm³/mol. The van der Waals surface area contributed by atoms with Crippen LogP contribution in [-0.4, -0.2) is 19.5 Å². The Morgan fingerprint density at radius 1 is 1.69 bits per heavy atom. The first-order valence-electron chi connectivity index (χ1n) is 4.87. The third-order valence-electron chi connectivity index (χ3n) is 2.65. The van der Waals surface area contributed by atoms with Gasteiger partial charge in [0.05, 0.1) is 6.61 Å². The first-order chi connectivity index (χ1) is 6.18. The minimum Gasteiger partial charge on any atom is -0.380 e. The Bertz CT molecular complexity index is 190. The van der Waals surface area contributed by atoms with Gasteiger partial charge in [0.1, 0.15) is 6.29 Å². The van der Waals surface area contributed by atoms with Crippen LogP contribution in [0.1, 0.15) is 32.6 Å². The van der Waals surface area contributed by atoms with Gasteiger partial charge in [-0.2, -0.15) is 0 Å². The van der Waals surface area contributed by atoms with Crippen molar-refractivity contribution < 1.29 is 9.53 Å². The zero-order valence-electron chi connectivity index (χ0n) is 8.34. The second-order valence-electron chi connectivity index (χ2n) is 4.09. The first kappa shape index (κ1) is 10.5. The number of ether oxygens (including phenoxy) is 1. The first-order valence-corrected chi connectivity index (χ1v) is 4.87. The molecule has 0 aromatic carbocycles. The summed E-state index contributed by atoms with van der Waals surface area (Å²) in [4.78, 5) is 11.0. The molecule has 13 heavy (non-hydrogen) atoms. The van der Waals surface area contributed by atoms with E-state index in [9.17, 15) is 4.79 Å². The van der Waals surface area contributed by atoms with Gasteiger partial charge in [-0.15, -0.1) is 6.58 Å². The van der Waals surface area contributed by atoms with Crippen molar-refractivity contribution in [1.29, 1.82) is 0 Å². The Hall–Kier alpha value is -0.630. The number of carbonyl (C=O) groups is 1. The lowest BCUT2D eigenvalue weighted by Gasteiger charge is -2.31. The molecule has 0 N–H and O–H groups in total. The summed E-state index contributed by atoms with van der Waals surface area (Å²) in [5.74, 6) is 0. The van der Waals surface area contributed by atoms with Gasteiger partial charge in [-0.05, 0) is 32.6 Å².